The number of hydrogen-bond acceptors (Lipinski definition) is 7. The number of carbonyl (C=O) groups is 1. The number of ether oxygens (including phenoxy) is 3. The molecule has 0 saturated carbocycles. The number of hydrogen-bond donors (Lipinski definition) is 0. The van der Waals surface area contributed by atoms with Gasteiger partial charge in [-0.15, -0.1) is 0 Å². The molecule has 0 fully saturated rings. The molecule has 1 heterocycles. The lowest BCUT2D eigenvalue weighted by molar-refractivity contribution is 0.0217. The summed E-state index contributed by atoms with van der Waals surface area (Å²) in [4.78, 5) is 14.0. The van der Waals surface area contributed by atoms with Crippen LogP contribution >= 0.6 is 0 Å². The summed E-state index contributed by atoms with van der Waals surface area (Å²) >= 11 is 0. The summed E-state index contributed by atoms with van der Waals surface area (Å²) in [5, 5.41) is 0. The van der Waals surface area contributed by atoms with Crippen LogP contribution in [0.15, 0.2) is 12.1 Å². The number of methoxy groups -OCH3 is 1. The molecule has 1 aromatic carbocycles. The standard InChI is InChI=1S/C18H27NO7S/c1-18(2,3)26-17(20)19-9-8-15-13(10-19)6-7-14(11-25-27(5,21)22)16(15)24-12-23-4/h6-7H,8-12H2,1-5H3. The minimum Gasteiger partial charge on any atom is -0.467 e. The molecule has 0 aromatic heterocycles. The highest BCUT2D eigenvalue weighted by Gasteiger charge is 2.28. The molecule has 0 saturated heterocycles. The minimum absolute atomic E-state index is 0.0259. The van der Waals surface area contributed by atoms with Crippen molar-refractivity contribution in [3.63, 3.8) is 0 Å². The van der Waals surface area contributed by atoms with Crippen LogP contribution in [0, 0.1) is 0 Å². The number of nitrogens with zero attached hydrogens (tertiary/aromatic N) is 1. The maximum atomic E-state index is 12.3. The molecule has 0 aliphatic carbocycles. The van der Waals surface area contributed by atoms with Crippen molar-refractivity contribution in [2.75, 3.05) is 26.7 Å². The molecule has 1 amide bonds. The van der Waals surface area contributed by atoms with Gasteiger partial charge in [-0.2, -0.15) is 8.42 Å². The van der Waals surface area contributed by atoms with Gasteiger partial charge in [-0.3, -0.25) is 4.18 Å². The van der Waals surface area contributed by atoms with Crippen LogP contribution in [0.1, 0.15) is 37.5 Å². The van der Waals surface area contributed by atoms with Gasteiger partial charge in [0.05, 0.1) is 12.9 Å². The molecule has 0 spiro atoms. The lowest BCUT2D eigenvalue weighted by atomic mass is 9.96. The first kappa shape index (κ1) is 21.5. The van der Waals surface area contributed by atoms with Crippen LogP contribution in [0.5, 0.6) is 5.75 Å². The van der Waals surface area contributed by atoms with Crippen LogP contribution < -0.4 is 4.74 Å². The Labute approximate surface area is 160 Å². The smallest absolute Gasteiger partial charge is 0.410 e. The van der Waals surface area contributed by atoms with Crippen LogP contribution in [0.4, 0.5) is 4.79 Å². The van der Waals surface area contributed by atoms with E-state index < -0.39 is 15.7 Å². The first-order chi connectivity index (χ1) is 12.5. The first-order valence-electron chi connectivity index (χ1n) is 8.58. The van der Waals surface area contributed by atoms with Gasteiger partial charge in [0.1, 0.15) is 11.4 Å². The summed E-state index contributed by atoms with van der Waals surface area (Å²) in [6.45, 7) is 6.25. The fourth-order valence-electron chi connectivity index (χ4n) is 2.73. The van der Waals surface area contributed by atoms with E-state index in [1.807, 2.05) is 26.8 Å². The molecule has 8 nitrogen and oxygen atoms in total. The van der Waals surface area contributed by atoms with Crippen LogP contribution in [0.25, 0.3) is 0 Å². The first-order valence-corrected chi connectivity index (χ1v) is 10.4. The lowest BCUT2D eigenvalue weighted by Crippen LogP contribution is -2.40. The van der Waals surface area contributed by atoms with Crippen molar-refractivity contribution in [3.8, 4) is 5.75 Å². The van der Waals surface area contributed by atoms with Gasteiger partial charge in [-0.25, -0.2) is 4.79 Å². The van der Waals surface area contributed by atoms with E-state index in [1.54, 1.807) is 11.0 Å². The van der Waals surface area contributed by atoms with Crippen LogP contribution in [0.3, 0.4) is 0 Å². The van der Waals surface area contributed by atoms with E-state index in [4.69, 9.17) is 18.4 Å². The van der Waals surface area contributed by atoms with Gasteiger partial charge in [0.25, 0.3) is 10.1 Å². The summed E-state index contributed by atoms with van der Waals surface area (Å²) in [7, 11) is -2.07. The molecule has 152 valence electrons. The largest absolute Gasteiger partial charge is 0.467 e. The number of rotatable bonds is 6. The molecule has 9 heteroatoms. The van der Waals surface area contributed by atoms with Crippen molar-refractivity contribution < 1.29 is 31.6 Å². The fraction of sp³-hybridized carbons (Fsp3) is 0.611. The normalized spacial score (nSPS) is 14.6. The van der Waals surface area contributed by atoms with Crippen LogP contribution in [-0.2, 0) is 43.3 Å². The van der Waals surface area contributed by atoms with Crippen molar-refractivity contribution in [2.45, 2.75) is 45.9 Å². The van der Waals surface area contributed by atoms with Gasteiger partial charge in [0, 0.05) is 31.3 Å². The third-order valence-corrected chi connectivity index (χ3v) is 4.38. The molecule has 0 bridgehead atoms. The molecule has 0 unspecified atom stereocenters. The number of carbonyl (C=O) groups excluding carboxylic acids is 1. The van der Waals surface area contributed by atoms with Gasteiger partial charge in [0.2, 0.25) is 0 Å². The Bertz CT molecular complexity index is 784. The van der Waals surface area contributed by atoms with Crippen molar-refractivity contribution in [3.05, 3.63) is 28.8 Å². The molecule has 0 atom stereocenters. The zero-order valence-corrected chi connectivity index (χ0v) is 17.2. The Morgan fingerprint density at radius 1 is 1.26 bits per heavy atom. The van der Waals surface area contributed by atoms with E-state index in [0.717, 1.165) is 17.4 Å². The van der Waals surface area contributed by atoms with Crippen molar-refractivity contribution in [1.82, 2.24) is 4.90 Å². The molecule has 1 aliphatic heterocycles. The molecular weight excluding hydrogens is 374 g/mol. The maximum Gasteiger partial charge on any atom is 0.410 e. The van der Waals surface area contributed by atoms with Gasteiger partial charge in [-0.05, 0) is 32.8 Å². The van der Waals surface area contributed by atoms with E-state index in [2.05, 4.69) is 0 Å². The second kappa shape index (κ2) is 8.45. The van der Waals surface area contributed by atoms with Gasteiger partial charge >= 0.3 is 6.09 Å². The Morgan fingerprint density at radius 2 is 1.96 bits per heavy atom. The highest BCUT2D eigenvalue weighted by molar-refractivity contribution is 7.85. The second-order valence-electron chi connectivity index (χ2n) is 7.36. The Hall–Kier alpha value is -1.84. The van der Waals surface area contributed by atoms with Crippen molar-refractivity contribution >= 4 is 16.2 Å². The summed E-state index contributed by atoms with van der Waals surface area (Å²) < 4.78 is 43.6. The molecule has 0 N–H and O–H groups in total. The predicted octanol–water partition coefficient (Wildman–Crippen LogP) is 2.44. The average Bonchev–Trinajstić information content (AvgIpc) is 2.55. The minimum atomic E-state index is -3.57. The second-order valence-corrected chi connectivity index (χ2v) is 9.00. The highest BCUT2D eigenvalue weighted by atomic mass is 32.2. The van der Waals surface area contributed by atoms with Crippen LogP contribution in [-0.4, -0.2) is 51.7 Å². The third kappa shape index (κ3) is 6.37. The van der Waals surface area contributed by atoms with Gasteiger partial charge in [-0.1, -0.05) is 12.1 Å². The summed E-state index contributed by atoms with van der Waals surface area (Å²) in [5.74, 6) is 0.543. The summed E-state index contributed by atoms with van der Waals surface area (Å²) in [5.41, 5.74) is 1.89. The highest BCUT2D eigenvalue weighted by Crippen LogP contribution is 2.33. The predicted molar refractivity (Wildman–Crippen MR) is 98.9 cm³/mol. The zero-order chi connectivity index (χ0) is 20.2. The SMILES string of the molecule is COCOc1c(COS(C)(=O)=O)ccc2c1CCN(C(=O)OC(C)(C)C)C2. The average molecular weight is 401 g/mol. The lowest BCUT2D eigenvalue weighted by Gasteiger charge is -2.32. The maximum absolute atomic E-state index is 12.3. The number of amides is 1. The molecular formula is C18H27NO7S. The Morgan fingerprint density at radius 3 is 2.56 bits per heavy atom. The van der Waals surface area contributed by atoms with E-state index >= 15 is 0 Å². The van der Waals surface area contributed by atoms with Gasteiger partial charge in [0.15, 0.2) is 6.79 Å². The summed E-state index contributed by atoms with van der Waals surface area (Å²) in [6.07, 6.45) is 1.19. The van der Waals surface area contributed by atoms with Crippen molar-refractivity contribution in [2.24, 2.45) is 0 Å². The number of benzene rings is 1. The molecule has 2 rings (SSSR count). The van der Waals surface area contributed by atoms with E-state index in [1.165, 1.54) is 7.11 Å². The zero-order valence-electron chi connectivity index (χ0n) is 16.4. The molecule has 1 aromatic rings. The topological polar surface area (TPSA) is 91.4 Å². The fourth-order valence-corrected chi connectivity index (χ4v) is 3.08. The van der Waals surface area contributed by atoms with Crippen LogP contribution in [0.2, 0.25) is 0 Å². The Kier molecular flexibility index (Phi) is 6.72. The quantitative estimate of drug-likeness (QED) is 0.534. The molecule has 0 radical (unpaired) electrons. The molecule has 27 heavy (non-hydrogen) atoms. The van der Waals surface area contributed by atoms with Crippen molar-refractivity contribution in [1.29, 1.82) is 0 Å². The third-order valence-electron chi connectivity index (χ3n) is 3.83. The molecule has 1 aliphatic rings. The van der Waals surface area contributed by atoms with Gasteiger partial charge < -0.3 is 19.1 Å². The summed E-state index contributed by atoms with van der Waals surface area (Å²) in [6, 6.07) is 3.60. The Balaban J connectivity index is 2.25. The van der Waals surface area contributed by atoms with E-state index in [0.29, 0.717) is 30.8 Å². The number of fused-ring (bicyclic) bond motifs is 1. The van der Waals surface area contributed by atoms with E-state index in [9.17, 15) is 13.2 Å². The van der Waals surface area contributed by atoms with E-state index in [-0.39, 0.29) is 19.5 Å². The monoisotopic (exact) mass is 401 g/mol.